The Kier molecular flexibility index (Phi) is 4.06. The Morgan fingerprint density at radius 2 is 2.17 bits per heavy atom. The van der Waals surface area contributed by atoms with Crippen molar-refractivity contribution in [3.8, 4) is 5.75 Å². The molecule has 1 heterocycles. The molecule has 0 unspecified atom stereocenters. The van der Waals surface area contributed by atoms with Crippen LogP contribution < -0.4 is 4.74 Å². The fourth-order valence-corrected chi connectivity index (χ4v) is 1.48. The van der Waals surface area contributed by atoms with Crippen molar-refractivity contribution in [1.29, 1.82) is 0 Å². The molecule has 2 aromatic rings. The van der Waals surface area contributed by atoms with Crippen molar-refractivity contribution < 1.29 is 13.9 Å². The van der Waals surface area contributed by atoms with Crippen LogP contribution >= 0.6 is 0 Å². The molecule has 0 saturated heterocycles. The first-order chi connectivity index (χ1) is 8.81. The quantitative estimate of drug-likeness (QED) is 0.732. The Labute approximate surface area is 105 Å². The molecule has 0 amide bonds. The summed E-state index contributed by atoms with van der Waals surface area (Å²) in [6.45, 7) is 2.25. The van der Waals surface area contributed by atoms with Gasteiger partial charge in [0.25, 0.3) is 5.89 Å². The number of benzene rings is 1. The number of aldehydes is 1. The van der Waals surface area contributed by atoms with Gasteiger partial charge in [-0.3, -0.25) is 4.79 Å². The Hall–Kier alpha value is -2.17. The molecule has 0 aliphatic carbocycles. The number of carbonyl (C=O) groups excluding carboxylic acids is 1. The van der Waals surface area contributed by atoms with E-state index >= 15 is 0 Å². The maximum atomic E-state index is 10.6. The van der Waals surface area contributed by atoms with Gasteiger partial charge in [-0.1, -0.05) is 19.1 Å². The summed E-state index contributed by atoms with van der Waals surface area (Å²) < 4.78 is 10.9. The molecule has 5 nitrogen and oxygen atoms in total. The lowest BCUT2D eigenvalue weighted by Crippen LogP contribution is -1.96. The van der Waals surface area contributed by atoms with E-state index < -0.39 is 0 Å². The van der Waals surface area contributed by atoms with Gasteiger partial charge in [0.15, 0.2) is 6.61 Å². The van der Waals surface area contributed by atoms with Crippen LogP contribution in [0.25, 0.3) is 0 Å². The fourth-order valence-electron chi connectivity index (χ4n) is 1.48. The normalized spacial score (nSPS) is 10.3. The summed E-state index contributed by atoms with van der Waals surface area (Å²) in [6.07, 6.45) is 2.51. The zero-order chi connectivity index (χ0) is 12.8. The van der Waals surface area contributed by atoms with Crippen LogP contribution in [0.15, 0.2) is 28.7 Å². The van der Waals surface area contributed by atoms with Crippen LogP contribution in [-0.2, 0) is 13.0 Å². The van der Waals surface area contributed by atoms with Crippen molar-refractivity contribution in [2.24, 2.45) is 0 Å². The standard InChI is InChI=1S/C13H14N2O3/c1-2-4-12-14-15-13(18-12)9-17-11-6-3-5-10(7-11)8-16/h3,5-8H,2,4,9H2,1H3. The molecule has 94 valence electrons. The first kappa shape index (κ1) is 12.3. The van der Waals surface area contributed by atoms with Gasteiger partial charge in [-0.05, 0) is 18.6 Å². The van der Waals surface area contributed by atoms with Crippen LogP contribution in [0, 0.1) is 0 Å². The van der Waals surface area contributed by atoms with Gasteiger partial charge in [-0.15, -0.1) is 10.2 Å². The minimum absolute atomic E-state index is 0.207. The van der Waals surface area contributed by atoms with Crippen LogP contribution in [0.3, 0.4) is 0 Å². The average molecular weight is 246 g/mol. The second kappa shape index (κ2) is 5.95. The summed E-state index contributed by atoms with van der Waals surface area (Å²) in [5.74, 6) is 1.67. The summed E-state index contributed by atoms with van der Waals surface area (Å²) >= 11 is 0. The third-order valence-corrected chi connectivity index (χ3v) is 2.33. The molecule has 0 fully saturated rings. The second-order valence-corrected chi connectivity index (χ2v) is 3.82. The number of hydrogen-bond donors (Lipinski definition) is 0. The van der Waals surface area contributed by atoms with E-state index in [1.165, 1.54) is 0 Å². The molecule has 18 heavy (non-hydrogen) atoms. The van der Waals surface area contributed by atoms with E-state index in [-0.39, 0.29) is 6.61 Å². The van der Waals surface area contributed by atoms with Crippen molar-refractivity contribution >= 4 is 6.29 Å². The van der Waals surface area contributed by atoms with Gasteiger partial charge in [0.1, 0.15) is 12.0 Å². The Bertz CT molecular complexity index is 522. The largest absolute Gasteiger partial charge is 0.484 e. The summed E-state index contributed by atoms with van der Waals surface area (Å²) in [6, 6.07) is 6.91. The zero-order valence-electron chi connectivity index (χ0n) is 10.1. The van der Waals surface area contributed by atoms with E-state index in [1.54, 1.807) is 24.3 Å². The van der Waals surface area contributed by atoms with Crippen molar-refractivity contribution in [3.05, 3.63) is 41.6 Å². The molecule has 0 aliphatic rings. The van der Waals surface area contributed by atoms with Crippen molar-refractivity contribution in [2.75, 3.05) is 0 Å². The van der Waals surface area contributed by atoms with Gasteiger partial charge in [0, 0.05) is 12.0 Å². The van der Waals surface area contributed by atoms with Crippen LogP contribution in [0.5, 0.6) is 5.75 Å². The molecular weight excluding hydrogens is 232 g/mol. The molecule has 0 aliphatic heterocycles. The van der Waals surface area contributed by atoms with Crippen LogP contribution in [0.1, 0.15) is 35.5 Å². The molecule has 0 bridgehead atoms. The number of hydrogen-bond acceptors (Lipinski definition) is 5. The first-order valence-corrected chi connectivity index (χ1v) is 5.81. The fraction of sp³-hybridized carbons (Fsp3) is 0.308. The lowest BCUT2D eigenvalue weighted by atomic mass is 10.2. The number of ether oxygens (including phenoxy) is 1. The third kappa shape index (κ3) is 3.16. The summed E-state index contributed by atoms with van der Waals surface area (Å²) in [4.78, 5) is 10.6. The van der Waals surface area contributed by atoms with Crippen molar-refractivity contribution in [2.45, 2.75) is 26.4 Å². The molecule has 0 radical (unpaired) electrons. The van der Waals surface area contributed by atoms with Gasteiger partial charge in [0.2, 0.25) is 5.89 Å². The van der Waals surface area contributed by atoms with E-state index in [9.17, 15) is 4.79 Å². The SMILES string of the molecule is CCCc1nnc(COc2cccc(C=O)c2)o1. The van der Waals surface area contributed by atoms with Crippen molar-refractivity contribution in [3.63, 3.8) is 0 Å². The van der Waals surface area contributed by atoms with E-state index in [0.717, 1.165) is 19.1 Å². The minimum Gasteiger partial charge on any atom is -0.484 e. The van der Waals surface area contributed by atoms with E-state index in [0.29, 0.717) is 23.1 Å². The van der Waals surface area contributed by atoms with E-state index in [1.807, 2.05) is 6.92 Å². The topological polar surface area (TPSA) is 65.2 Å². The van der Waals surface area contributed by atoms with Gasteiger partial charge >= 0.3 is 0 Å². The molecule has 5 heteroatoms. The van der Waals surface area contributed by atoms with Crippen LogP contribution in [0.2, 0.25) is 0 Å². The predicted octanol–water partition coefficient (Wildman–Crippen LogP) is 2.41. The van der Waals surface area contributed by atoms with Gasteiger partial charge in [-0.2, -0.15) is 0 Å². The maximum Gasteiger partial charge on any atom is 0.253 e. The van der Waals surface area contributed by atoms with Gasteiger partial charge in [0.05, 0.1) is 0 Å². The highest BCUT2D eigenvalue weighted by atomic mass is 16.5. The highest BCUT2D eigenvalue weighted by molar-refractivity contribution is 5.75. The highest BCUT2D eigenvalue weighted by Gasteiger charge is 2.06. The molecular formula is C13H14N2O3. The molecule has 2 rings (SSSR count). The molecule has 0 saturated carbocycles. The monoisotopic (exact) mass is 246 g/mol. The van der Waals surface area contributed by atoms with Crippen molar-refractivity contribution in [1.82, 2.24) is 10.2 Å². The Balaban J connectivity index is 1.95. The minimum atomic E-state index is 0.207. The summed E-state index contributed by atoms with van der Waals surface area (Å²) in [5, 5.41) is 7.78. The zero-order valence-corrected chi connectivity index (χ0v) is 10.1. The Morgan fingerprint density at radius 3 is 2.94 bits per heavy atom. The lowest BCUT2D eigenvalue weighted by molar-refractivity contribution is 0.112. The number of carbonyl (C=O) groups is 1. The Morgan fingerprint density at radius 1 is 1.33 bits per heavy atom. The summed E-state index contributed by atoms with van der Waals surface area (Å²) in [5.41, 5.74) is 0.574. The smallest absolute Gasteiger partial charge is 0.253 e. The molecule has 0 spiro atoms. The third-order valence-electron chi connectivity index (χ3n) is 2.33. The van der Waals surface area contributed by atoms with Gasteiger partial charge in [-0.25, -0.2) is 0 Å². The molecule has 1 aromatic carbocycles. The lowest BCUT2D eigenvalue weighted by Gasteiger charge is -2.03. The number of aromatic nitrogens is 2. The van der Waals surface area contributed by atoms with Crippen LogP contribution in [-0.4, -0.2) is 16.5 Å². The molecule has 1 aromatic heterocycles. The van der Waals surface area contributed by atoms with E-state index in [4.69, 9.17) is 9.15 Å². The maximum absolute atomic E-state index is 10.6. The van der Waals surface area contributed by atoms with Gasteiger partial charge < -0.3 is 9.15 Å². The average Bonchev–Trinajstić information content (AvgIpc) is 2.85. The summed E-state index contributed by atoms with van der Waals surface area (Å²) in [7, 11) is 0. The number of aryl methyl sites for hydroxylation is 1. The number of nitrogens with zero attached hydrogens (tertiary/aromatic N) is 2. The highest BCUT2D eigenvalue weighted by Crippen LogP contribution is 2.14. The first-order valence-electron chi connectivity index (χ1n) is 5.81. The van der Waals surface area contributed by atoms with Crippen LogP contribution in [0.4, 0.5) is 0 Å². The predicted molar refractivity (Wildman–Crippen MR) is 64.5 cm³/mol. The molecule has 0 atom stereocenters. The second-order valence-electron chi connectivity index (χ2n) is 3.82. The molecule has 0 N–H and O–H groups in total. The van der Waals surface area contributed by atoms with E-state index in [2.05, 4.69) is 10.2 Å². The number of rotatable bonds is 6.